The second-order valence-electron chi connectivity index (χ2n) is 5.49. The highest BCUT2D eigenvalue weighted by Gasteiger charge is 2.30. The molecule has 0 amide bonds. The second-order valence-corrected chi connectivity index (χ2v) is 6.44. The molecule has 0 bridgehead atoms. The van der Waals surface area contributed by atoms with E-state index in [1.165, 1.54) is 48.2 Å². The van der Waals surface area contributed by atoms with Crippen LogP contribution in [0.1, 0.15) is 43.0 Å². The fourth-order valence-corrected chi connectivity index (χ4v) is 4.28. The number of aromatic nitrogens is 2. The number of ether oxygens (including phenoxy) is 1. The Hall–Kier alpha value is -1.13. The summed E-state index contributed by atoms with van der Waals surface area (Å²) in [6.07, 6.45) is 10.9. The fourth-order valence-electron chi connectivity index (χ4n) is 3.29. The van der Waals surface area contributed by atoms with E-state index in [0.717, 1.165) is 6.61 Å². The molecule has 2 aromatic rings. The Morgan fingerprint density at radius 1 is 1.32 bits per heavy atom. The minimum atomic E-state index is 0.342. The molecule has 1 fully saturated rings. The summed E-state index contributed by atoms with van der Waals surface area (Å²) in [5.74, 6) is 0. The molecule has 1 aliphatic heterocycles. The van der Waals surface area contributed by atoms with Crippen LogP contribution < -0.4 is 0 Å². The molecule has 4 heteroatoms. The highest BCUT2D eigenvalue weighted by molar-refractivity contribution is 7.10. The van der Waals surface area contributed by atoms with E-state index in [4.69, 9.17) is 4.74 Å². The molecule has 0 spiro atoms. The minimum Gasteiger partial charge on any atom is -0.376 e. The van der Waals surface area contributed by atoms with Crippen molar-refractivity contribution >= 4 is 11.3 Å². The van der Waals surface area contributed by atoms with Crippen LogP contribution in [0.5, 0.6) is 0 Å². The summed E-state index contributed by atoms with van der Waals surface area (Å²) < 4.78 is 8.45. The zero-order chi connectivity index (χ0) is 12.7. The van der Waals surface area contributed by atoms with Gasteiger partial charge >= 0.3 is 0 Å². The number of rotatable bonds is 3. The monoisotopic (exact) mass is 274 g/mol. The van der Waals surface area contributed by atoms with E-state index in [2.05, 4.69) is 21.0 Å². The van der Waals surface area contributed by atoms with Crippen LogP contribution in [-0.4, -0.2) is 22.3 Å². The van der Waals surface area contributed by atoms with Gasteiger partial charge in [0.05, 0.1) is 37.0 Å². The Labute approximate surface area is 117 Å². The number of hydrogen-bond donors (Lipinski definition) is 0. The molecule has 0 unspecified atom stereocenters. The number of imidazole rings is 1. The molecule has 0 saturated heterocycles. The first kappa shape index (κ1) is 11.7. The first-order valence-corrected chi connectivity index (χ1v) is 8.02. The first-order chi connectivity index (χ1) is 9.43. The van der Waals surface area contributed by atoms with Crippen LogP contribution in [0.25, 0.3) is 11.3 Å². The van der Waals surface area contributed by atoms with Crippen molar-refractivity contribution in [3.8, 4) is 11.3 Å². The van der Waals surface area contributed by atoms with Gasteiger partial charge in [-0.3, -0.25) is 0 Å². The molecule has 100 valence electrons. The summed E-state index contributed by atoms with van der Waals surface area (Å²) in [6.45, 7) is 0.793. The molecule has 0 aromatic carbocycles. The molecule has 19 heavy (non-hydrogen) atoms. The predicted molar refractivity (Wildman–Crippen MR) is 76.5 cm³/mol. The van der Waals surface area contributed by atoms with Gasteiger partial charge in [-0.15, -0.1) is 11.3 Å². The van der Waals surface area contributed by atoms with Gasteiger partial charge in [0.1, 0.15) is 0 Å². The van der Waals surface area contributed by atoms with Crippen molar-refractivity contribution in [1.29, 1.82) is 0 Å². The molecule has 0 N–H and O–H groups in total. The Balaban J connectivity index is 1.52. The van der Waals surface area contributed by atoms with E-state index in [1.54, 1.807) is 0 Å². The lowest BCUT2D eigenvalue weighted by Gasteiger charge is -2.24. The van der Waals surface area contributed by atoms with Gasteiger partial charge in [-0.25, -0.2) is 4.98 Å². The van der Waals surface area contributed by atoms with Gasteiger partial charge in [-0.05, 0) is 24.3 Å². The molecule has 3 heterocycles. The predicted octanol–water partition coefficient (Wildman–Crippen LogP) is 3.86. The zero-order valence-corrected chi connectivity index (χ0v) is 11.7. The Bertz CT molecular complexity index is 528. The van der Waals surface area contributed by atoms with Crippen LogP contribution in [0.4, 0.5) is 0 Å². The highest BCUT2D eigenvalue weighted by Crippen LogP contribution is 2.42. The number of nitrogens with zero attached hydrogens (tertiary/aromatic N) is 2. The quantitative estimate of drug-likeness (QED) is 0.849. The highest BCUT2D eigenvalue weighted by atomic mass is 32.1. The van der Waals surface area contributed by atoms with Gasteiger partial charge in [0.25, 0.3) is 0 Å². The summed E-state index contributed by atoms with van der Waals surface area (Å²) in [5.41, 5.74) is 2.59. The minimum absolute atomic E-state index is 0.342. The maximum absolute atomic E-state index is 6.18. The van der Waals surface area contributed by atoms with Crippen molar-refractivity contribution in [2.24, 2.45) is 0 Å². The molecule has 1 aliphatic carbocycles. The molecule has 4 rings (SSSR count). The number of hydrogen-bond acceptors (Lipinski definition) is 3. The van der Waals surface area contributed by atoms with Crippen LogP contribution in [-0.2, 0) is 4.74 Å². The van der Waals surface area contributed by atoms with Gasteiger partial charge < -0.3 is 9.30 Å². The fraction of sp³-hybridized carbons (Fsp3) is 0.533. The van der Waals surface area contributed by atoms with Crippen molar-refractivity contribution in [3.05, 3.63) is 28.8 Å². The van der Waals surface area contributed by atoms with E-state index < -0.39 is 0 Å². The van der Waals surface area contributed by atoms with Crippen LogP contribution in [0.15, 0.2) is 24.0 Å². The molecule has 2 aliphatic rings. The van der Waals surface area contributed by atoms with E-state index in [9.17, 15) is 0 Å². The Morgan fingerprint density at radius 2 is 2.21 bits per heavy atom. The van der Waals surface area contributed by atoms with Gasteiger partial charge in [-0.1, -0.05) is 19.3 Å². The summed E-state index contributed by atoms with van der Waals surface area (Å²) in [5, 5.41) is 2.18. The third kappa shape index (κ3) is 1.94. The van der Waals surface area contributed by atoms with Crippen molar-refractivity contribution < 1.29 is 4.74 Å². The van der Waals surface area contributed by atoms with Gasteiger partial charge in [0, 0.05) is 10.4 Å². The normalized spacial score (nSPS) is 22.4. The molecular formula is C15H18N2OS. The van der Waals surface area contributed by atoms with E-state index in [-0.39, 0.29) is 0 Å². The number of fused-ring (bicyclic) bond motifs is 3. The van der Waals surface area contributed by atoms with Crippen LogP contribution in [0.2, 0.25) is 0 Å². The van der Waals surface area contributed by atoms with Crippen LogP contribution >= 0.6 is 11.3 Å². The largest absolute Gasteiger partial charge is 0.376 e. The lowest BCUT2D eigenvalue weighted by atomic mass is 9.98. The Morgan fingerprint density at radius 3 is 3.11 bits per heavy atom. The van der Waals surface area contributed by atoms with E-state index >= 15 is 0 Å². The average Bonchev–Trinajstić information content (AvgIpc) is 3.11. The lowest BCUT2D eigenvalue weighted by Crippen LogP contribution is -2.21. The topological polar surface area (TPSA) is 27.1 Å². The maximum atomic E-state index is 6.18. The number of thiophene rings is 1. The third-order valence-electron chi connectivity index (χ3n) is 4.32. The van der Waals surface area contributed by atoms with Crippen LogP contribution in [0, 0.1) is 0 Å². The van der Waals surface area contributed by atoms with Gasteiger partial charge in [0.2, 0.25) is 0 Å². The van der Waals surface area contributed by atoms with Crippen LogP contribution in [0.3, 0.4) is 0 Å². The van der Waals surface area contributed by atoms with Crippen molar-refractivity contribution in [2.45, 2.75) is 44.2 Å². The summed E-state index contributed by atoms with van der Waals surface area (Å²) in [4.78, 5) is 5.72. The second kappa shape index (κ2) is 4.76. The smallest absolute Gasteiger partial charge is 0.0957 e. The molecule has 3 nitrogen and oxygen atoms in total. The SMILES string of the molecule is c1cc2c(s1)[C@@H](COC1CCCCC1)n1cncc1-2. The summed E-state index contributed by atoms with van der Waals surface area (Å²) in [7, 11) is 0. The van der Waals surface area contributed by atoms with Crippen molar-refractivity contribution in [2.75, 3.05) is 6.61 Å². The molecule has 1 saturated carbocycles. The zero-order valence-electron chi connectivity index (χ0n) is 10.9. The van der Waals surface area contributed by atoms with E-state index in [0.29, 0.717) is 12.1 Å². The summed E-state index contributed by atoms with van der Waals surface area (Å²) in [6, 6.07) is 2.54. The first-order valence-electron chi connectivity index (χ1n) is 7.14. The molecule has 2 aromatic heterocycles. The molecule has 0 radical (unpaired) electrons. The van der Waals surface area contributed by atoms with Crippen molar-refractivity contribution in [3.63, 3.8) is 0 Å². The lowest BCUT2D eigenvalue weighted by molar-refractivity contribution is 0.0176. The van der Waals surface area contributed by atoms with Gasteiger partial charge in [-0.2, -0.15) is 0 Å². The van der Waals surface area contributed by atoms with E-state index in [1.807, 2.05) is 23.9 Å². The van der Waals surface area contributed by atoms with Crippen molar-refractivity contribution in [1.82, 2.24) is 9.55 Å². The molecule has 1 atom stereocenters. The Kier molecular flexibility index (Phi) is 2.93. The summed E-state index contributed by atoms with van der Waals surface area (Å²) >= 11 is 1.84. The maximum Gasteiger partial charge on any atom is 0.0957 e. The standard InChI is InChI=1S/C15H18N2OS/c1-2-4-11(5-3-1)18-9-14-15-12(6-7-19-15)13-8-16-10-17(13)14/h6-8,10-11,14H,1-5,9H2/t14-/m1/s1. The molecular weight excluding hydrogens is 256 g/mol. The third-order valence-corrected chi connectivity index (χ3v) is 5.34. The van der Waals surface area contributed by atoms with Gasteiger partial charge in [0.15, 0.2) is 0 Å². The average molecular weight is 274 g/mol.